The van der Waals surface area contributed by atoms with Crippen LogP contribution in [0, 0.1) is 6.92 Å². The van der Waals surface area contributed by atoms with E-state index in [1.807, 2.05) is 30.9 Å². The van der Waals surface area contributed by atoms with Gasteiger partial charge < -0.3 is 5.32 Å². The van der Waals surface area contributed by atoms with Crippen molar-refractivity contribution in [2.45, 2.75) is 19.8 Å². The fraction of sp³-hybridized carbons (Fsp3) is 0.500. The minimum absolute atomic E-state index is 0.985. The van der Waals surface area contributed by atoms with Gasteiger partial charge in [-0.05, 0) is 19.8 Å². The van der Waals surface area contributed by atoms with Gasteiger partial charge in [0, 0.05) is 19.8 Å². The SMILES string of the molecule is C=CCCCNc1cn(C)nc1C. The number of hydrogen-bond donors (Lipinski definition) is 1. The molecular weight excluding hydrogens is 162 g/mol. The Morgan fingerprint density at radius 1 is 1.69 bits per heavy atom. The van der Waals surface area contributed by atoms with Crippen molar-refractivity contribution in [3.05, 3.63) is 24.5 Å². The van der Waals surface area contributed by atoms with Crippen molar-refractivity contribution in [3.8, 4) is 0 Å². The normalized spacial score (nSPS) is 10.0. The first kappa shape index (κ1) is 9.84. The Morgan fingerprint density at radius 3 is 3.00 bits per heavy atom. The summed E-state index contributed by atoms with van der Waals surface area (Å²) in [5.41, 5.74) is 2.19. The van der Waals surface area contributed by atoms with Crippen molar-refractivity contribution in [1.82, 2.24) is 9.78 Å². The molecule has 1 heterocycles. The molecule has 72 valence electrons. The highest BCUT2D eigenvalue weighted by Crippen LogP contribution is 2.10. The lowest BCUT2D eigenvalue weighted by Gasteiger charge is -2.01. The molecule has 0 aliphatic heterocycles. The van der Waals surface area contributed by atoms with E-state index in [2.05, 4.69) is 17.0 Å². The van der Waals surface area contributed by atoms with Gasteiger partial charge in [-0.2, -0.15) is 5.10 Å². The van der Waals surface area contributed by atoms with Crippen LogP contribution in [-0.2, 0) is 7.05 Å². The maximum Gasteiger partial charge on any atom is 0.0824 e. The zero-order valence-corrected chi connectivity index (χ0v) is 8.38. The topological polar surface area (TPSA) is 29.9 Å². The number of aryl methyl sites for hydroxylation is 2. The van der Waals surface area contributed by atoms with Crippen LogP contribution in [0.15, 0.2) is 18.9 Å². The lowest BCUT2D eigenvalue weighted by atomic mass is 10.3. The molecule has 0 aliphatic carbocycles. The molecule has 1 N–H and O–H groups in total. The minimum Gasteiger partial charge on any atom is -0.382 e. The number of nitrogens with zero attached hydrogens (tertiary/aromatic N) is 2. The van der Waals surface area contributed by atoms with E-state index in [-0.39, 0.29) is 0 Å². The predicted octanol–water partition coefficient (Wildman–Crippen LogP) is 2.11. The Labute approximate surface area is 79.5 Å². The van der Waals surface area contributed by atoms with Crippen LogP contribution in [-0.4, -0.2) is 16.3 Å². The Balaban J connectivity index is 2.36. The summed E-state index contributed by atoms with van der Waals surface area (Å²) < 4.78 is 1.82. The van der Waals surface area contributed by atoms with E-state index >= 15 is 0 Å². The van der Waals surface area contributed by atoms with Crippen molar-refractivity contribution >= 4 is 5.69 Å². The molecule has 0 aliphatic rings. The Bertz CT molecular complexity index is 276. The third-order valence-electron chi connectivity index (χ3n) is 1.91. The summed E-state index contributed by atoms with van der Waals surface area (Å²) in [6, 6.07) is 0. The summed E-state index contributed by atoms with van der Waals surface area (Å²) >= 11 is 0. The minimum atomic E-state index is 0.985. The summed E-state index contributed by atoms with van der Waals surface area (Å²) in [5.74, 6) is 0. The maximum absolute atomic E-state index is 4.24. The fourth-order valence-electron chi connectivity index (χ4n) is 1.24. The van der Waals surface area contributed by atoms with Gasteiger partial charge >= 0.3 is 0 Å². The molecule has 0 aromatic carbocycles. The van der Waals surface area contributed by atoms with Gasteiger partial charge in [0.1, 0.15) is 0 Å². The summed E-state index contributed by atoms with van der Waals surface area (Å²) in [7, 11) is 1.93. The number of unbranched alkanes of at least 4 members (excludes halogenated alkanes) is 1. The van der Waals surface area contributed by atoms with E-state index in [0.717, 1.165) is 30.8 Å². The molecule has 0 unspecified atom stereocenters. The highest BCUT2D eigenvalue weighted by molar-refractivity contribution is 5.45. The quantitative estimate of drug-likeness (QED) is 0.554. The monoisotopic (exact) mass is 179 g/mol. The summed E-state index contributed by atoms with van der Waals surface area (Å²) in [6.07, 6.45) is 6.13. The van der Waals surface area contributed by atoms with Crippen LogP contribution in [0.25, 0.3) is 0 Å². The highest BCUT2D eigenvalue weighted by Gasteiger charge is 2.00. The molecule has 13 heavy (non-hydrogen) atoms. The van der Waals surface area contributed by atoms with Gasteiger partial charge in [-0.25, -0.2) is 0 Å². The van der Waals surface area contributed by atoms with Gasteiger partial charge in [0.05, 0.1) is 11.4 Å². The number of allylic oxidation sites excluding steroid dienone is 1. The van der Waals surface area contributed by atoms with Gasteiger partial charge in [0.25, 0.3) is 0 Å². The summed E-state index contributed by atoms with van der Waals surface area (Å²) in [5, 5.41) is 7.58. The maximum atomic E-state index is 4.24. The van der Waals surface area contributed by atoms with Gasteiger partial charge in [0.2, 0.25) is 0 Å². The van der Waals surface area contributed by atoms with Crippen molar-refractivity contribution < 1.29 is 0 Å². The first-order valence-electron chi connectivity index (χ1n) is 4.59. The average molecular weight is 179 g/mol. The van der Waals surface area contributed by atoms with Gasteiger partial charge in [0.15, 0.2) is 0 Å². The van der Waals surface area contributed by atoms with E-state index in [4.69, 9.17) is 0 Å². The van der Waals surface area contributed by atoms with E-state index in [0.29, 0.717) is 0 Å². The lowest BCUT2D eigenvalue weighted by Crippen LogP contribution is -2.00. The van der Waals surface area contributed by atoms with Gasteiger partial charge in [-0.15, -0.1) is 6.58 Å². The van der Waals surface area contributed by atoms with Crippen LogP contribution < -0.4 is 5.32 Å². The van der Waals surface area contributed by atoms with E-state index in [9.17, 15) is 0 Å². The largest absolute Gasteiger partial charge is 0.382 e. The zero-order valence-electron chi connectivity index (χ0n) is 8.38. The number of nitrogens with one attached hydrogen (secondary N) is 1. The second-order valence-corrected chi connectivity index (χ2v) is 3.16. The molecule has 3 nitrogen and oxygen atoms in total. The van der Waals surface area contributed by atoms with E-state index < -0.39 is 0 Å². The predicted molar refractivity (Wildman–Crippen MR) is 55.9 cm³/mol. The van der Waals surface area contributed by atoms with Crippen LogP contribution in [0.5, 0.6) is 0 Å². The van der Waals surface area contributed by atoms with Crippen LogP contribution in [0.4, 0.5) is 5.69 Å². The molecule has 0 saturated heterocycles. The molecule has 0 radical (unpaired) electrons. The van der Waals surface area contributed by atoms with E-state index in [1.165, 1.54) is 0 Å². The van der Waals surface area contributed by atoms with Crippen molar-refractivity contribution in [2.24, 2.45) is 7.05 Å². The number of rotatable bonds is 5. The molecule has 0 fully saturated rings. The van der Waals surface area contributed by atoms with Crippen LogP contribution in [0.1, 0.15) is 18.5 Å². The molecule has 3 heteroatoms. The average Bonchev–Trinajstić information content (AvgIpc) is 2.39. The highest BCUT2D eigenvalue weighted by atomic mass is 15.3. The molecule has 0 amide bonds. The Kier molecular flexibility index (Phi) is 3.55. The summed E-state index contributed by atoms with van der Waals surface area (Å²) in [6.45, 7) is 6.68. The second-order valence-electron chi connectivity index (χ2n) is 3.16. The Morgan fingerprint density at radius 2 is 2.46 bits per heavy atom. The molecule has 0 spiro atoms. The Hall–Kier alpha value is -1.25. The number of aromatic nitrogens is 2. The van der Waals surface area contributed by atoms with Crippen LogP contribution in [0.3, 0.4) is 0 Å². The van der Waals surface area contributed by atoms with Crippen molar-refractivity contribution in [2.75, 3.05) is 11.9 Å². The second kappa shape index (κ2) is 4.70. The standard InChI is InChI=1S/C10H17N3/c1-4-5-6-7-11-10-8-13(3)12-9(10)2/h4,8,11H,1,5-7H2,2-3H3. The molecule has 1 aromatic rings. The third kappa shape index (κ3) is 2.93. The molecule has 0 saturated carbocycles. The first-order chi connectivity index (χ1) is 6.24. The number of hydrogen-bond acceptors (Lipinski definition) is 2. The molecular formula is C10H17N3. The molecule has 0 bridgehead atoms. The fourth-order valence-corrected chi connectivity index (χ4v) is 1.24. The first-order valence-corrected chi connectivity index (χ1v) is 4.59. The van der Waals surface area contributed by atoms with Crippen molar-refractivity contribution in [3.63, 3.8) is 0 Å². The smallest absolute Gasteiger partial charge is 0.0824 e. The zero-order chi connectivity index (χ0) is 9.68. The number of anilines is 1. The summed E-state index contributed by atoms with van der Waals surface area (Å²) in [4.78, 5) is 0. The molecule has 1 aromatic heterocycles. The van der Waals surface area contributed by atoms with Crippen LogP contribution in [0.2, 0.25) is 0 Å². The van der Waals surface area contributed by atoms with Gasteiger partial charge in [-0.1, -0.05) is 6.08 Å². The van der Waals surface area contributed by atoms with Crippen LogP contribution >= 0.6 is 0 Å². The third-order valence-corrected chi connectivity index (χ3v) is 1.91. The van der Waals surface area contributed by atoms with Crippen molar-refractivity contribution in [1.29, 1.82) is 0 Å². The molecule has 1 rings (SSSR count). The van der Waals surface area contributed by atoms with Gasteiger partial charge in [-0.3, -0.25) is 4.68 Å². The lowest BCUT2D eigenvalue weighted by molar-refractivity contribution is 0.756. The van der Waals surface area contributed by atoms with E-state index in [1.54, 1.807) is 0 Å². The molecule has 0 atom stereocenters.